The summed E-state index contributed by atoms with van der Waals surface area (Å²) in [4.78, 5) is 9.88. The van der Waals surface area contributed by atoms with Gasteiger partial charge in [0.15, 0.2) is 0 Å². The Bertz CT molecular complexity index is 519. The topological polar surface area (TPSA) is 67.9 Å². The van der Waals surface area contributed by atoms with Crippen molar-refractivity contribution >= 4 is 5.69 Å². The summed E-state index contributed by atoms with van der Waals surface area (Å²) in [5.74, 6) is 0. The van der Waals surface area contributed by atoms with Crippen molar-refractivity contribution in [3.05, 3.63) is 39.4 Å². The van der Waals surface area contributed by atoms with E-state index in [1.807, 2.05) is 0 Å². The van der Waals surface area contributed by atoms with Crippen LogP contribution in [-0.2, 0) is 5.66 Å². The Kier molecular flexibility index (Phi) is 2.20. The SMILES string of the molecule is Cc1cc(C2(C(F)(F)F)N=N2)ccc1[N+](=O)[O-]. The van der Waals surface area contributed by atoms with Crippen molar-refractivity contribution in [1.82, 2.24) is 0 Å². The molecule has 1 heterocycles. The van der Waals surface area contributed by atoms with Crippen LogP contribution in [0.3, 0.4) is 0 Å². The van der Waals surface area contributed by atoms with Crippen LogP contribution in [0.4, 0.5) is 18.9 Å². The zero-order chi connectivity index (χ0) is 12.8. The molecule has 1 aromatic rings. The number of hydrogen-bond acceptors (Lipinski definition) is 4. The maximum absolute atomic E-state index is 12.7. The van der Waals surface area contributed by atoms with E-state index in [0.29, 0.717) is 0 Å². The van der Waals surface area contributed by atoms with Gasteiger partial charge in [-0.1, -0.05) is 0 Å². The highest BCUT2D eigenvalue weighted by Gasteiger charge is 2.65. The van der Waals surface area contributed by atoms with Crippen LogP contribution in [0.25, 0.3) is 0 Å². The normalized spacial score (nSPS) is 16.9. The number of benzene rings is 1. The van der Waals surface area contributed by atoms with Crippen LogP contribution in [0.15, 0.2) is 28.4 Å². The average molecular weight is 245 g/mol. The molecular formula is C9H6F3N3O2. The van der Waals surface area contributed by atoms with Crippen molar-refractivity contribution in [3.63, 3.8) is 0 Å². The minimum Gasteiger partial charge on any atom is -0.258 e. The monoisotopic (exact) mass is 245 g/mol. The molecule has 0 spiro atoms. The summed E-state index contributed by atoms with van der Waals surface area (Å²) in [5.41, 5.74) is -2.80. The molecule has 0 radical (unpaired) electrons. The molecule has 17 heavy (non-hydrogen) atoms. The molecule has 0 atom stereocenters. The number of alkyl halides is 3. The number of nitro benzene ring substituents is 1. The van der Waals surface area contributed by atoms with Gasteiger partial charge in [-0.2, -0.15) is 13.2 Å². The second kappa shape index (κ2) is 3.25. The van der Waals surface area contributed by atoms with Gasteiger partial charge in [0, 0.05) is 17.2 Å². The summed E-state index contributed by atoms with van der Waals surface area (Å²) in [6.45, 7) is 1.37. The fourth-order valence-electron chi connectivity index (χ4n) is 1.52. The lowest BCUT2D eigenvalue weighted by atomic mass is 10.00. The average Bonchev–Trinajstić information content (AvgIpc) is 2.95. The van der Waals surface area contributed by atoms with Crippen molar-refractivity contribution in [3.8, 4) is 0 Å². The molecule has 2 rings (SSSR count). The van der Waals surface area contributed by atoms with E-state index in [0.717, 1.165) is 18.2 Å². The van der Waals surface area contributed by atoms with Gasteiger partial charge < -0.3 is 0 Å². The molecule has 0 N–H and O–H groups in total. The number of nitro groups is 1. The standard InChI is InChI=1S/C9H6F3N3O2/c1-5-4-6(2-3-7(5)15(16)17)8(13-14-8)9(10,11)12/h2-4H,1H3. The van der Waals surface area contributed by atoms with Gasteiger partial charge >= 0.3 is 11.8 Å². The van der Waals surface area contributed by atoms with Crippen molar-refractivity contribution in [1.29, 1.82) is 0 Å². The number of hydrogen-bond donors (Lipinski definition) is 0. The van der Waals surface area contributed by atoms with Gasteiger partial charge in [0.25, 0.3) is 5.69 Å². The highest BCUT2D eigenvalue weighted by molar-refractivity contribution is 5.45. The Labute approximate surface area is 93.1 Å². The molecule has 90 valence electrons. The van der Waals surface area contributed by atoms with Gasteiger partial charge in [0.05, 0.1) is 4.92 Å². The van der Waals surface area contributed by atoms with E-state index >= 15 is 0 Å². The van der Waals surface area contributed by atoms with Crippen molar-refractivity contribution < 1.29 is 18.1 Å². The molecule has 0 saturated heterocycles. The van der Waals surface area contributed by atoms with Crippen LogP contribution < -0.4 is 0 Å². The fourth-order valence-corrected chi connectivity index (χ4v) is 1.52. The molecule has 1 aliphatic heterocycles. The van der Waals surface area contributed by atoms with Gasteiger partial charge in [-0.05, 0) is 19.1 Å². The number of rotatable bonds is 2. The van der Waals surface area contributed by atoms with Crippen LogP contribution in [0.1, 0.15) is 11.1 Å². The minimum atomic E-state index is -4.62. The molecule has 0 aromatic heterocycles. The number of halogens is 3. The van der Waals surface area contributed by atoms with Crippen molar-refractivity contribution in [2.24, 2.45) is 10.2 Å². The Morgan fingerprint density at radius 1 is 1.35 bits per heavy atom. The van der Waals surface area contributed by atoms with Gasteiger partial charge in [-0.3, -0.25) is 10.1 Å². The van der Waals surface area contributed by atoms with E-state index in [1.165, 1.54) is 6.92 Å². The Morgan fingerprint density at radius 3 is 2.29 bits per heavy atom. The second-order valence-electron chi connectivity index (χ2n) is 3.63. The van der Waals surface area contributed by atoms with E-state index < -0.39 is 16.8 Å². The molecule has 0 saturated carbocycles. The minimum absolute atomic E-state index is 0.147. The molecule has 0 fully saturated rings. The molecule has 0 aliphatic carbocycles. The highest BCUT2D eigenvalue weighted by Crippen LogP contribution is 2.52. The first-order chi connectivity index (χ1) is 7.78. The summed E-state index contributed by atoms with van der Waals surface area (Å²) >= 11 is 0. The van der Waals surface area contributed by atoms with Crippen LogP contribution >= 0.6 is 0 Å². The van der Waals surface area contributed by atoms with Gasteiger partial charge in [0.1, 0.15) is 0 Å². The van der Waals surface area contributed by atoms with E-state index in [2.05, 4.69) is 10.2 Å². The lowest BCUT2D eigenvalue weighted by Gasteiger charge is -2.14. The summed E-state index contributed by atoms with van der Waals surface area (Å²) in [6, 6.07) is 3.14. The van der Waals surface area contributed by atoms with Gasteiger partial charge in [0.2, 0.25) is 0 Å². The molecule has 0 amide bonds. The lowest BCUT2D eigenvalue weighted by Crippen LogP contribution is -2.30. The maximum atomic E-state index is 12.7. The van der Waals surface area contributed by atoms with Crippen LogP contribution in [-0.4, -0.2) is 11.1 Å². The van der Waals surface area contributed by atoms with E-state index in [9.17, 15) is 23.3 Å². The molecule has 8 heteroatoms. The first kappa shape index (κ1) is 11.5. The van der Waals surface area contributed by atoms with E-state index in [-0.39, 0.29) is 16.8 Å². The number of nitrogens with zero attached hydrogens (tertiary/aromatic N) is 3. The van der Waals surface area contributed by atoms with Crippen molar-refractivity contribution in [2.75, 3.05) is 0 Å². The predicted molar refractivity (Wildman–Crippen MR) is 50.4 cm³/mol. The third-order valence-electron chi connectivity index (χ3n) is 2.49. The summed E-state index contributed by atoms with van der Waals surface area (Å²) < 4.78 is 38.0. The first-order valence-corrected chi connectivity index (χ1v) is 4.54. The smallest absolute Gasteiger partial charge is 0.258 e. The summed E-state index contributed by atoms with van der Waals surface area (Å²) in [6.07, 6.45) is -4.62. The Hall–Kier alpha value is -1.99. The van der Waals surface area contributed by atoms with Gasteiger partial charge in [-0.25, -0.2) is 0 Å². The van der Waals surface area contributed by atoms with Crippen LogP contribution in [0.2, 0.25) is 0 Å². The summed E-state index contributed by atoms with van der Waals surface area (Å²) in [5, 5.41) is 16.6. The zero-order valence-corrected chi connectivity index (χ0v) is 8.52. The summed E-state index contributed by atoms with van der Waals surface area (Å²) in [7, 11) is 0. The number of aryl methyl sites for hydroxylation is 1. The van der Waals surface area contributed by atoms with E-state index in [4.69, 9.17) is 0 Å². The lowest BCUT2D eigenvalue weighted by molar-refractivity contribution is -0.385. The first-order valence-electron chi connectivity index (χ1n) is 4.54. The fraction of sp³-hybridized carbons (Fsp3) is 0.333. The van der Waals surface area contributed by atoms with Crippen LogP contribution in [0.5, 0.6) is 0 Å². The molecule has 0 bridgehead atoms. The molecular weight excluding hydrogens is 239 g/mol. The molecule has 5 nitrogen and oxygen atoms in total. The van der Waals surface area contributed by atoms with Crippen LogP contribution in [0, 0.1) is 17.0 Å². The highest BCUT2D eigenvalue weighted by atomic mass is 19.4. The second-order valence-corrected chi connectivity index (χ2v) is 3.63. The van der Waals surface area contributed by atoms with E-state index in [1.54, 1.807) is 0 Å². The maximum Gasteiger partial charge on any atom is 0.442 e. The Balaban J connectivity index is 2.43. The zero-order valence-electron chi connectivity index (χ0n) is 8.52. The molecule has 1 aliphatic rings. The Morgan fingerprint density at radius 2 is 1.94 bits per heavy atom. The third kappa shape index (κ3) is 1.65. The third-order valence-corrected chi connectivity index (χ3v) is 2.49. The quantitative estimate of drug-likeness (QED) is 0.593. The molecule has 0 unspecified atom stereocenters. The largest absolute Gasteiger partial charge is 0.442 e. The molecule has 1 aromatic carbocycles. The predicted octanol–water partition coefficient (Wildman–Crippen LogP) is 3.08. The van der Waals surface area contributed by atoms with Gasteiger partial charge in [-0.15, -0.1) is 10.2 Å². The van der Waals surface area contributed by atoms with Crippen molar-refractivity contribution in [2.45, 2.75) is 18.8 Å².